The molecule has 0 atom stereocenters. The number of urea groups is 1. The molecule has 1 aliphatic heterocycles. The van der Waals surface area contributed by atoms with Crippen LogP contribution in [0.5, 0.6) is 0 Å². The van der Waals surface area contributed by atoms with E-state index in [1.165, 1.54) is 12.1 Å². The maximum atomic E-state index is 13.1. The van der Waals surface area contributed by atoms with Crippen LogP contribution in [0, 0.1) is 5.82 Å². The normalized spacial score (nSPS) is 14.5. The summed E-state index contributed by atoms with van der Waals surface area (Å²) in [6, 6.07) is 6.13. The average Bonchev–Trinajstić information content (AvgIpc) is 3.11. The number of carbonyl (C=O) groups is 1. The third-order valence-corrected chi connectivity index (χ3v) is 5.25. The van der Waals surface area contributed by atoms with E-state index in [0.29, 0.717) is 18.9 Å². The number of carbonyl (C=O) groups excluding carboxylic acids is 1. The molecule has 1 N–H and O–H groups in total. The van der Waals surface area contributed by atoms with E-state index >= 15 is 0 Å². The summed E-state index contributed by atoms with van der Waals surface area (Å²) in [6.07, 6.45) is 0.735. The van der Waals surface area contributed by atoms with E-state index in [1.807, 2.05) is 30.2 Å². The van der Waals surface area contributed by atoms with Crippen molar-refractivity contribution in [2.45, 2.75) is 39.3 Å². The summed E-state index contributed by atoms with van der Waals surface area (Å²) in [7, 11) is 0. The van der Waals surface area contributed by atoms with Gasteiger partial charge in [-0.1, -0.05) is 11.3 Å². The zero-order valence-electron chi connectivity index (χ0n) is 14.9. The molecule has 6 nitrogen and oxygen atoms in total. The van der Waals surface area contributed by atoms with Gasteiger partial charge in [-0.25, -0.2) is 13.7 Å². The van der Waals surface area contributed by atoms with E-state index in [1.54, 1.807) is 23.5 Å². The first kappa shape index (κ1) is 17.0. The van der Waals surface area contributed by atoms with Crippen molar-refractivity contribution >= 4 is 22.3 Å². The quantitative estimate of drug-likeness (QED) is 0.710. The molecule has 1 aliphatic rings. The zero-order valence-corrected chi connectivity index (χ0v) is 15.7. The molecule has 0 fully saturated rings. The summed E-state index contributed by atoms with van der Waals surface area (Å²) >= 11 is 1.55. The lowest BCUT2D eigenvalue weighted by Gasteiger charge is -2.30. The molecule has 1 aromatic carbocycles. The van der Waals surface area contributed by atoms with Crippen LogP contribution in [0.4, 0.5) is 9.18 Å². The summed E-state index contributed by atoms with van der Waals surface area (Å²) < 4.78 is 15.0. The Balaban J connectivity index is 1.59. The third-order valence-electron chi connectivity index (χ3n) is 4.19. The van der Waals surface area contributed by atoms with Crippen LogP contribution in [0.1, 0.15) is 31.3 Å². The molecule has 0 radical (unpaired) electrons. The summed E-state index contributed by atoms with van der Waals surface area (Å²) in [4.78, 5) is 20.7. The van der Waals surface area contributed by atoms with Crippen molar-refractivity contribution in [3.63, 3.8) is 0 Å². The van der Waals surface area contributed by atoms with Crippen molar-refractivity contribution < 1.29 is 9.18 Å². The van der Waals surface area contributed by atoms with E-state index < -0.39 is 0 Å². The minimum atomic E-state index is -0.277. The van der Waals surface area contributed by atoms with Gasteiger partial charge in [-0.3, -0.25) is 0 Å². The van der Waals surface area contributed by atoms with E-state index in [-0.39, 0.29) is 17.4 Å². The monoisotopic (exact) mass is 373 g/mol. The highest BCUT2D eigenvalue weighted by Gasteiger charge is 2.27. The number of hydrogen-bond donors (Lipinski definition) is 1. The number of nitrogens with zero attached hydrogens (tertiary/aromatic N) is 4. The Morgan fingerprint density at radius 1 is 1.27 bits per heavy atom. The Bertz CT molecular complexity index is 970. The zero-order chi connectivity index (χ0) is 18.5. The van der Waals surface area contributed by atoms with Gasteiger partial charge in [-0.2, -0.15) is 4.98 Å². The van der Waals surface area contributed by atoms with Gasteiger partial charge in [0.2, 0.25) is 4.96 Å². The van der Waals surface area contributed by atoms with E-state index in [9.17, 15) is 9.18 Å². The van der Waals surface area contributed by atoms with Crippen molar-refractivity contribution in [1.82, 2.24) is 24.8 Å². The molecule has 0 spiro atoms. The first-order valence-corrected chi connectivity index (χ1v) is 9.32. The second kappa shape index (κ2) is 6.05. The van der Waals surface area contributed by atoms with Crippen molar-refractivity contribution in [3.8, 4) is 11.4 Å². The highest BCUT2D eigenvalue weighted by atomic mass is 32.1. The molecule has 2 aromatic heterocycles. The molecule has 4 rings (SSSR count). The number of benzene rings is 1. The van der Waals surface area contributed by atoms with Gasteiger partial charge in [0.1, 0.15) is 5.82 Å². The fourth-order valence-electron chi connectivity index (χ4n) is 2.98. The van der Waals surface area contributed by atoms with Crippen LogP contribution in [0.25, 0.3) is 16.3 Å². The number of halogens is 1. The molecule has 0 saturated carbocycles. The number of hydrogen-bond acceptors (Lipinski definition) is 4. The molecule has 26 heavy (non-hydrogen) atoms. The van der Waals surface area contributed by atoms with Gasteiger partial charge in [0.15, 0.2) is 5.82 Å². The van der Waals surface area contributed by atoms with Crippen LogP contribution in [0.2, 0.25) is 0 Å². The minimum Gasteiger partial charge on any atom is -0.333 e. The second-order valence-corrected chi connectivity index (χ2v) is 8.52. The predicted molar refractivity (Wildman–Crippen MR) is 98.7 cm³/mol. The summed E-state index contributed by atoms with van der Waals surface area (Å²) in [5.41, 5.74) is 1.64. The van der Waals surface area contributed by atoms with Gasteiger partial charge in [0, 0.05) is 28.9 Å². The molecule has 8 heteroatoms. The molecule has 0 saturated heterocycles. The van der Waals surface area contributed by atoms with Crippen molar-refractivity contribution in [2.75, 3.05) is 6.54 Å². The van der Waals surface area contributed by atoms with Crippen LogP contribution in [0.15, 0.2) is 24.3 Å². The van der Waals surface area contributed by atoms with Crippen molar-refractivity contribution in [3.05, 3.63) is 40.7 Å². The molecule has 3 aromatic rings. The van der Waals surface area contributed by atoms with Crippen molar-refractivity contribution in [1.29, 1.82) is 0 Å². The van der Waals surface area contributed by atoms with Crippen LogP contribution in [-0.4, -0.2) is 37.6 Å². The van der Waals surface area contributed by atoms with Gasteiger partial charge < -0.3 is 10.2 Å². The van der Waals surface area contributed by atoms with Gasteiger partial charge in [-0.05, 0) is 45.0 Å². The molecular weight excluding hydrogens is 353 g/mol. The Labute approximate surface area is 154 Å². The van der Waals surface area contributed by atoms with Crippen LogP contribution in [0.3, 0.4) is 0 Å². The Morgan fingerprint density at radius 2 is 2.00 bits per heavy atom. The lowest BCUT2D eigenvalue weighted by Crippen LogP contribution is -2.49. The molecule has 0 unspecified atom stereocenters. The average molecular weight is 373 g/mol. The Kier molecular flexibility index (Phi) is 3.95. The first-order chi connectivity index (χ1) is 12.3. The molecule has 136 valence electrons. The lowest BCUT2D eigenvalue weighted by molar-refractivity contribution is 0.183. The van der Waals surface area contributed by atoms with Crippen LogP contribution in [-0.2, 0) is 13.0 Å². The van der Waals surface area contributed by atoms with E-state index in [2.05, 4.69) is 15.4 Å². The number of nitrogens with one attached hydrogen (secondary N) is 1. The minimum absolute atomic E-state index is 0.0471. The molecule has 3 heterocycles. The smallest absolute Gasteiger partial charge is 0.318 e. The standard InChI is InChI=1S/C18H20FN5OS/c1-18(2,3)21-16(25)23-9-8-13-14(10-23)26-17-20-15(22-24(13)17)11-4-6-12(19)7-5-11/h4-7H,8-10H2,1-3H3,(H,21,25). The van der Waals surface area contributed by atoms with Gasteiger partial charge >= 0.3 is 6.03 Å². The largest absolute Gasteiger partial charge is 0.333 e. The fourth-order valence-corrected chi connectivity index (χ4v) is 4.10. The number of amides is 2. The van der Waals surface area contributed by atoms with Gasteiger partial charge in [0.05, 0.1) is 12.2 Å². The summed E-state index contributed by atoms with van der Waals surface area (Å²) in [6.45, 7) is 7.13. The molecule has 2 amide bonds. The molecule has 0 aliphatic carbocycles. The summed E-state index contributed by atoms with van der Waals surface area (Å²) in [5.74, 6) is 0.313. The second-order valence-electron chi connectivity index (χ2n) is 7.46. The fraction of sp³-hybridized carbons (Fsp3) is 0.389. The molecule has 0 bridgehead atoms. The number of rotatable bonds is 1. The Hall–Kier alpha value is -2.48. The molecular formula is C18H20FN5OS. The van der Waals surface area contributed by atoms with Crippen molar-refractivity contribution in [2.24, 2.45) is 0 Å². The maximum Gasteiger partial charge on any atom is 0.318 e. The van der Waals surface area contributed by atoms with Gasteiger partial charge in [-0.15, -0.1) is 5.10 Å². The topological polar surface area (TPSA) is 62.5 Å². The Morgan fingerprint density at radius 3 is 2.69 bits per heavy atom. The van der Waals surface area contributed by atoms with E-state index in [4.69, 9.17) is 0 Å². The predicted octanol–water partition coefficient (Wildman–Crippen LogP) is 3.46. The number of fused-ring (bicyclic) bond motifs is 3. The highest BCUT2D eigenvalue weighted by Crippen LogP contribution is 2.29. The van der Waals surface area contributed by atoms with Gasteiger partial charge in [0.25, 0.3) is 0 Å². The number of thiazole rings is 1. The first-order valence-electron chi connectivity index (χ1n) is 8.50. The highest BCUT2D eigenvalue weighted by molar-refractivity contribution is 7.17. The third kappa shape index (κ3) is 3.16. The number of aromatic nitrogens is 3. The van der Waals surface area contributed by atoms with E-state index in [0.717, 1.165) is 27.5 Å². The van der Waals surface area contributed by atoms with Crippen LogP contribution < -0.4 is 5.32 Å². The summed E-state index contributed by atoms with van der Waals surface area (Å²) in [5, 5.41) is 7.60. The lowest BCUT2D eigenvalue weighted by atomic mass is 10.1. The van der Waals surface area contributed by atoms with Crippen LogP contribution >= 0.6 is 11.3 Å². The SMILES string of the molecule is CC(C)(C)NC(=O)N1CCc2c(sc3nc(-c4ccc(F)cc4)nn23)C1. The maximum absolute atomic E-state index is 13.1.